The second-order valence-corrected chi connectivity index (χ2v) is 5.19. The fraction of sp³-hybridized carbons (Fsp3) is 0.625. The summed E-state index contributed by atoms with van der Waals surface area (Å²) < 4.78 is 11.2. The van der Waals surface area contributed by atoms with Crippen LogP contribution in [0.15, 0.2) is 24.3 Å². The van der Waals surface area contributed by atoms with Gasteiger partial charge in [-0.15, -0.1) is 0 Å². The van der Waals surface area contributed by atoms with E-state index in [-0.39, 0.29) is 0 Å². The molecule has 0 bridgehead atoms. The van der Waals surface area contributed by atoms with Gasteiger partial charge in [-0.25, -0.2) is 0 Å². The summed E-state index contributed by atoms with van der Waals surface area (Å²) in [5.41, 5.74) is 1.30. The van der Waals surface area contributed by atoms with Gasteiger partial charge in [0.05, 0.1) is 6.61 Å². The molecule has 106 valence electrons. The lowest BCUT2D eigenvalue weighted by molar-refractivity contribution is 0.0927. The van der Waals surface area contributed by atoms with Crippen LogP contribution in [0, 0.1) is 5.92 Å². The molecule has 0 amide bonds. The number of benzene rings is 1. The predicted molar refractivity (Wildman–Crippen MR) is 77.5 cm³/mol. The van der Waals surface area contributed by atoms with Gasteiger partial charge in [0.25, 0.3) is 0 Å². The summed E-state index contributed by atoms with van der Waals surface area (Å²) in [5.74, 6) is 1.75. The SMILES string of the molecule is CCCNCc1ccc(OCCOCC2CC2)cc1. The summed E-state index contributed by atoms with van der Waals surface area (Å²) in [6, 6.07) is 8.29. The lowest BCUT2D eigenvalue weighted by Gasteiger charge is -2.08. The Hall–Kier alpha value is -1.06. The third kappa shape index (κ3) is 6.08. The maximum absolute atomic E-state index is 5.64. The zero-order chi connectivity index (χ0) is 13.3. The molecule has 2 rings (SSSR count). The zero-order valence-electron chi connectivity index (χ0n) is 11.9. The maximum atomic E-state index is 5.64. The first kappa shape index (κ1) is 14.4. The van der Waals surface area contributed by atoms with Gasteiger partial charge in [-0.05, 0) is 49.4 Å². The molecule has 1 aliphatic carbocycles. The number of rotatable bonds is 10. The van der Waals surface area contributed by atoms with Crippen LogP contribution in [0.5, 0.6) is 5.75 Å². The molecule has 19 heavy (non-hydrogen) atoms. The third-order valence-corrected chi connectivity index (χ3v) is 3.23. The smallest absolute Gasteiger partial charge is 0.119 e. The monoisotopic (exact) mass is 263 g/mol. The van der Waals surface area contributed by atoms with Crippen molar-refractivity contribution >= 4 is 0 Å². The minimum absolute atomic E-state index is 0.639. The lowest BCUT2D eigenvalue weighted by atomic mass is 10.2. The minimum atomic E-state index is 0.639. The molecule has 1 aromatic rings. The second-order valence-electron chi connectivity index (χ2n) is 5.19. The number of nitrogens with one attached hydrogen (secondary N) is 1. The van der Waals surface area contributed by atoms with Gasteiger partial charge in [0, 0.05) is 13.2 Å². The fourth-order valence-electron chi connectivity index (χ4n) is 1.87. The van der Waals surface area contributed by atoms with Gasteiger partial charge < -0.3 is 14.8 Å². The van der Waals surface area contributed by atoms with Crippen LogP contribution in [0.3, 0.4) is 0 Å². The van der Waals surface area contributed by atoms with E-state index in [1.807, 2.05) is 12.1 Å². The highest BCUT2D eigenvalue weighted by Gasteiger charge is 2.20. The van der Waals surface area contributed by atoms with E-state index in [0.29, 0.717) is 13.2 Å². The Balaban J connectivity index is 1.57. The van der Waals surface area contributed by atoms with Crippen molar-refractivity contribution < 1.29 is 9.47 Å². The summed E-state index contributed by atoms with van der Waals surface area (Å²) in [6.07, 6.45) is 3.85. The molecular formula is C16H25NO2. The van der Waals surface area contributed by atoms with Crippen LogP contribution in [-0.2, 0) is 11.3 Å². The van der Waals surface area contributed by atoms with Crippen molar-refractivity contribution in [3.05, 3.63) is 29.8 Å². The Bertz CT molecular complexity index is 346. The summed E-state index contributed by atoms with van der Waals surface area (Å²) in [4.78, 5) is 0. The molecule has 1 aromatic carbocycles. The van der Waals surface area contributed by atoms with Gasteiger partial charge in [-0.3, -0.25) is 0 Å². The van der Waals surface area contributed by atoms with E-state index >= 15 is 0 Å². The van der Waals surface area contributed by atoms with Crippen LogP contribution < -0.4 is 10.1 Å². The first-order chi connectivity index (χ1) is 9.38. The van der Waals surface area contributed by atoms with E-state index in [1.54, 1.807) is 0 Å². The Morgan fingerprint density at radius 1 is 1.16 bits per heavy atom. The van der Waals surface area contributed by atoms with E-state index in [1.165, 1.54) is 24.8 Å². The molecule has 0 saturated heterocycles. The topological polar surface area (TPSA) is 30.5 Å². The molecule has 0 unspecified atom stereocenters. The van der Waals surface area contributed by atoms with Crippen LogP contribution in [0.2, 0.25) is 0 Å². The average molecular weight is 263 g/mol. The Morgan fingerprint density at radius 3 is 2.63 bits per heavy atom. The fourth-order valence-corrected chi connectivity index (χ4v) is 1.87. The maximum Gasteiger partial charge on any atom is 0.119 e. The standard InChI is InChI=1S/C16H25NO2/c1-2-9-17-12-14-5-7-16(8-6-14)19-11-10-18-13-15-3-4-15/h5-8,15,17H,2-4,9-13H2,1H3. The summed E-state index contributed by atoms with van der Waals surface area (Å²) in [6.45, 7) is 6.41. The van der Waals surface area contributed by atoms with Crippen molar-refractivity contribution in [1.82, 2.24) is 5.32 Å². The Morgan fingerprint density at radius 2 is 1.95 bits per heavy atom. The van der Waals surface area contributed by atoms with E-state index in [2.05, 4.69) is 24.4 Å². The quantitative estimate of drug-likeness (QED) is 0.658. The minimum Gasteiger partial charge on any atom is -0.491 e. The van der Waals surface area contributed by atoms with Gasteiger partial charge in [-0.2, -0.15) is 0 Å². The van der Waals surface area contributed by atoms with E-state index in [0.717, 1.165) is 31.4 Å². The van der Waals surface area contributed by atoms with Crippen molar-refractivity contribution in [2.24, 2.45) is 5.92 Å². The molecule has 1 fully saturated rings. The number of ether oxygens (including phenoxy) is 2. The summed E-state index contributed by atoms with van der Waals surface area (Å²) in [5, 5.41) is 3.39. The molecule has 3 heteroatoms. The Labute approximate surface area is 116 Å². The summed E-state index contributed by atoms with van der Waals surface area (Å²) >= 11 is 0. The molecule has 1 N–H and O–H groups in total. The predicted octanol–water partition coefficient (Wildman–Crippen LogP) is 2.99. The van der Waals surface area contributed by atoms with Crippen LogP contribution >= 0.6 is 0 Å². The highest BCUT2D eigenvalue weighted by molar-refractivity contribution is 5.27. The first-order valence-corrected chi connectivity index (χ1v) is 7.38. The van der Waals surface area contributed by atoms with Crippen molar-refractivity contribution in [1.29, 1.82) is 0 Å². The highest BCUT2D eigenvalue weighted by atomic mass is 16.5. The molecule has 0 spiro atoms. The van der Waals surface area contributed by atoms with E-state index in [4.69, 9.17) is 9.47 Å². The second kappa shape index (κ2) is 8.18. The van der Waals surface area contributed by atoms with Crippen LogP contribution in [0.25, 0.3) is 0 Å². The van der Waals surface area contributed by atoms with E-state index in [9.17, 15) is 0 Å². The molecular weight excluding hydrogens is 238 g/mol. The Kier molecular flexibility index (Phi) is 6.18. The van der Waals surface area contributed by atoms with Gasteiger partial charge in [0.1, 0.15) is 12.4 Å². The largest absolute Gasteiger partial charge is 0.491 e. The highest BCUT2D eigenvalue weighted by Crippen LogP contribution is 2.28. The molecule has 0 atom stereocenters. The number of hydrogen-bond donors (Lipinski definition) is 1. The van der Waals surface area contributed by atoms with Gasteiger partial charge >= 0.3 is 0 Å². The number of hydrogen-bond acceptors (Lipinski definition) is 3. The van der Waals surface area contributed by atoms with Gasteiger partial charge in [0.15, 0.2) is 0 Å². The van der Waals surface area contributed by atoms with Crippen LogP contribution in [0.1, 0.15) is 31.7 Å². The molecule has 0 radical (unpaired) electrons. The van der Waals surface area contributed by atoms with Gasteiger partial charge in [-0.1, -0.05) is 19.1 Å². The first-order valence-electron chi connectivity index (χ1n) is 7.38. The van der Waals surface area contributed by atoms with Crippen LogP contribution in [0.4, 0.5) is 0 Å². The van der Waals surface area contributed by atoms with Crippen molar-refractivity contribution in [3.63, 3.8) is 0 Å². The molecule has 0 aliphatic heterocycles. The average Bonchev–Trinajstić information content (AvgIpc) is 3.25. The van der Waals surface area contributed by atoms with Gasteiger partial charge in [0.2, 0.25) is 0 Å². The molecule has 1 aliphatic rings. The summed E-state index contributed by atoms with van der Waals surface area (Å²) in [7, 11) is 0. The van der Waals surface area contributed by atoms with Crippen LogP contribution in [-0.4, -0.2) is 26.4 Å². The normalized spacial score (nSPS) is 14.6. The molecule has 3 nitrogen and oxygen atoms in total. The van der Waals surface area contributed by atoms with Crippen molar-refractivity contribution in [2.45, 2.75) is 32.7 Å². The van der Waals surface area contributed by atoms with Crippen molar-refractivity contribution in [3.8, 4) is 5.75 Å². The molecule has 0 heterocycles. The third-order valence-electron chi connectivity index (χ3n) is 3.23. The lowest BCUT2D eigenvalue weighted by Crippen LogP contribution is -2.13. The van der Waals surface area contributed by atoms with Crippen molar-refractivity contribution in [2.75, 3.05) is 26.4 Å². The molecule has 0 aromatic heterocycles. The zero-order valence-corrected chi connectivity index (χ0v) is 11.9. The van der Waals surface area contributed by atoms with E-state index < -0.39 is 0 Å². The molecule has 1 saturated carbocycles.